The molecule has 1 aliphatic heterocycles. The molecule has 1 aliphatic carbocycles. The molecule has 5 rings (SSSR count). The topological polar surface area (TPSA) is 64.0 Å². The van der Waals surface area contributed by atoms with E-state index >= 15 is 0 Å². The molecular weight excluding hydrogens is 442 g/mol. The molecule has 2 aromatic carbocycles. The monoisotopic (exact) mass is 467 g/mol. The summed E-state index contributed by atoms with van der Waals surface area (Å²) in [4.78, 5) is 13.9. The molecule has 1 atom stereocenters. The number of aryl methyl sites for hydroxylation is 1. The first-order valence-electron chi connectivity index (χ1n) is 11.0. The molecule has 1 N–H and O–H groups in total. The summed E-state index contributed by atoms with van der Waals surface area (Å²) in [6.07, 6.45) is 3.61. The van der Waals surface area contributed by atoms with Crippen molar-refractivity contribution in [3.8, 4) is 5.69 Å². The average molecular weight is 468 g/mol. The van der Waals surface area contributed by atoms with Crippen LogP contribution in [0, 0.1) is 13.8 Å². The van der Waals surface area contributed by atoms with Gasteiger partial charge in [-0.1, -0.05) is 48.7 Å². The van der Waals surface area contributed by atoms with Crippen LogP contribution in [0.3, 0.4) is 0 Å². The van der Waals surface area contributed by atoms with Gasteiger partial charge in [0.2, 0.25) is 5.91 Å². The zero-order chi connectivity index (χ0) is 22.5. The van der Waals surface area contributed by atoms with E-state index < -0.39 is 16.2 Å². The Morgan fingerprint density at radius 3 is 2.53 bits per heavy atom. The lowest BCUT2D eigenvalue weighted by Gasteiger charge is -2.29. The number of halogens is 1. The van der Waals surface area contributed by atoms with E-state index in [0.717, 1.165) is 59.3 Å². The molecule has 1 fully saturated rings. The number of nitrogens with zero attached hydrogens (tertiary/aromatic N) is 2. The van der Waals surface area contributed by atoms with Crippen molar-refractivity contribution in [3.05, 3.63) is 75.4 Å². The first kappa shape index (κ1) is 21.4. The molecule has 7 heteroatoms. The second-order valence-electron chi connectivity index (χ2n) is 8.88. The molecule has 0 saturated heterocycles. The minimum absolute atomic E-state index is 0.0238. The van der Waals surface area contributed by atoms with E-state index in [1.165, 1.54) is 0 Å². The molecule has 0 spiro atoms. The Balaban J connectivity index is 1.59. The summed E-state index contributed by atoms with van der Waals surface area (Å²) in [5, 5.41) is 8.70. The Morgan fingerprint density at radius 1 is 1.09 bits per heavy atom. The van der Waals surface area contributed by atoms with Gasteiger partial charge < -0.3 is 5.32 Å². The van der Waals surface area contributed by atoms with Gasteiger partial charge in [-0.05, 0) is 61.6 Å². The van der Waals surface area contributed by atoms with E-state index in [4.69, 9.17) is 16.7 Å². The third kappa shape index (κ3) is 3.50. The first-order chi connectivity index (χ1) is 15.4. The zero-order valence-electron chi connectivity index (χ0n) is 18.3. The maximum atomic E-state index is 13.9. The van der Waals surface area contributed by atoms with Crippen LogP contribution in [0.25, 0.3) is 5.69 Å². The van der Waals surface area contributed by atoms with Crippen molar-refractivity contribution in [3.63, 3.8) is 0 Å². The number of nitrogens with one attached hydrogen (secondary N) is 1. The van der Waals surface area contributed by atoms with Gasteiger partial charge in [0.1, 0.15) is 5.82 Å². The molecule has 32 heavy (non-hydrogen) atoms. The van der Waals surface area contributed by atoms with Gasteiger partial charge in [0.05, 0.1) is 28.3 Å². The SMILES string of the molecule is Cc1cccc(-n2nc3c(c2NC(=O)C2(c4ccc(Cl)cc4)CCCC2)CS(=O)C3)c1C. The van der Waals surface area contributed by atoms with Crippen molar-refractivity contribution < 1.29 is 9.00 Å². The molecule has 1 amide bonds. The van der Waals surface area contributed by atoms with E-state index in [2.05, 4.69) is 25.2 Å². The second-order valence-corrected chi connectivity index (χ2v) is 10.8. The number of amides is 1. The number of aromatic nitrogens is 2. The number of hydrogen-bond donors (Lipinski definition) is 1. The van der Waals surface area contributed by atoms with Crippen LogP contribution in [0.15, 0.2) is 42.5 Å². The maximum Gasteiger partial charge on any atom is 0.236 e. The lowest BCUT2D eigenvalue weighted by molar-refractivity contribution is -0.121. The van der Waals surface area contributed by atoms with Crippen molar-refractivity contribution in [2.24, 2.45) is 0 Å². The summed E-state index contributed by atoms with van der Waals surface area (Å²) in [7, 11) is -0.981. The fraction of sp³-hybridized carbons (Fsp3) is 0.360. The molecule has 1 unspecified atom stereocenters. The highest BCUT2D eigenvalue weighted by atomic mass is 35.5. The summed E-state index contributed by atoms with van der Waals surface area (Å²) in [5.74, 6) is 1.48. The predicted octanol–water partition coefficient (Wildman–Crippen LogP) is 5.36. The van der Waals surface area contributed by atoms with Gasteiger partial charge >= 0.3 is 0 Å². The fourth-order valence-corrected chi connectivity index (χ4v) is 6.41. The molecule has 2 heterocycles. The highest BCUT2D eigenvalue weighted by molar-refractivity contribution is 7.83. The Hall–Kier alpha value is -2.44. The standard InChI is InChI=1S/C25H26ClN3O2S/c1-16-6-5-7-22(17(16)2)29-23(20-14-32(31)15-21(20)28-29)27-24(30)25(12-3-4-13-25)18-8-10-19(26)11-9-18/h5-11H,3-4,12-15H2,1-2H3,(H,27,30). The number of anilines is 1. The number of carbonyl (C=O) groups is 1. The second kappa shape index (κ2) is 8.16. The number of benzene rings is 2. The smallest absolute Gasteiger partial charge is 0.236 e. The van der Waals surface area contributed by atoms with E-state index in [1.54, 1.807) is 0 Å². The van der Waals surface area contributed by atoms with Gasteiger partial charge in [-0.2, -0.15) is 5.10 Å². The molecule has 0 radical (unpaired) electrons. The molecular formula is C25H26ClN3O2S. The van der Waals surface area contributed by atoms with Crippen LogP contribution in [-0.2, 0) is 32.5 Å². The van der Waals surface area contributed by atoms with Crippen LogP contribution in [0.2, 0.25) is 5.02 Å². The fourth-order valence-electron chi connectivity index (χ4n) is 5.02. The third-order valence-electron chi connectivity index (χ3n) is 6.99. The minimum atomic E-state index is -0.981. The van der Waals surface area contributed by atoms with E-state index in [9.17, 15) is 9.00 Å². The van der Waals surface area contributed by atoms with Crippen LogP contribution in [0.5, 0.6) is 0 Å². The number of carbonyl (C=O) groups excluding carboxylic acids is 1. The molecule has 1 saturated carbocycles. The van der Waals surface area contributed by atoms with Crippen LogP contribution in [0.4, 0.5) is 5.82 Å². The highest BCUT2D eigenvalue weighted by Crippen LogP contribution is 2.43. The summed E-state index contributed by atoms with van der Waals surface area (Å²) in [6.45, 7) is 4.13. The first-order valence-corrected chi connectivity index (χ1v) is 12.9. The van der Waals surface area contributed by atoms with Gasteiger partial charge in [-0.15, -0.1) is 0 Å². The minimum Gasteiger partial charge on any atom is -0.310 e. The predicted molar refractivity (Wildman–Crippen MR) is 129 cm³/mol. The van der Waals surface area contributed by atoms with E-state index in [0.29, 0.717) is 22.3 Å². The molecule has 0 bridgehead atoms. The van der Waals surface area contributed by atoms with Crippen LogP contribution in [0.1, 0.15) is 53.6 Å². The zero-order valence-corrected chi connectivity index (χ0v) is 19.9. The van der Waals surface area contributed by atoms with Crippen molar-refractivity contribution in [1.82, 2.24) is 9.78 Å². The van der Waals surface area contributed by atoms with E-state index in [-0.39, 0.29) is 5.91 Å². The Labute approximate surface area is 195 Å². The van der Waals surface area contributed by atoms with Crippen molar-refractivity contribution in [2.75, 3.05) is 5.32 Å². The summed E-state index contributed by atoms with van der Waals surface area (Å²) < 4.78 is 14.1. The van der Waals surface area contributed by atoms with Crippen LogP contribution < -0.4 is 5.32 Å². The Bertz CT molecular complexity index is 1230. The Morgan fingerprint density at radius 2 is 1.81 bits per heavy atom. The van der Waals surface area contributed by atoms with Crippen LogP contribution >= 0.6 is 11.6 Å². The summed E-state index contributed by atoms with van der Waals surface area (Å²) in [5.41, 5.74) is 5.31. The van der Waals surface area contributed by atoms with Gasteiger partial charge in [0.15, 0.2) is 0 Å². The summed E-state index contributed by atoms with van der Waals surface area (Å²) in [6, 6.07) is 13.7. The van der Waals surface area contributed by atoms with Crippen molar-refractivity contribution >= 4 is 34.1 Å². The average Bonchev–Trinajstić information content (AvgIpc) is 3.47. The molecule has 5 nitrogen and oxygen atoms in total. The molecule has 166 valence electrons. The van der Waals surface area contributed by atoms with Crippen molar-refractivity contribution in [1.29, 1.82) is 0 Å². The van der Waals surface area contributed by atoms with Gasteiger partial charge in [0.25, 0.3) is 0 Å². The lowest BCUT2D eigenvalue weighted by Crippen LogP contribution is -2.38. The normalized spacial score (nSPS) is 19.2. The highest BCUT2D eigenvalue weighted by Gasteiger charge is 2.43. The number of hydrogen-bond acceptors (Lipinski definition) is 3. The Kier molecular flexibility index (Phi) is 5.46. The lowest BCUT2D eigenvalue weighted by atomic mass is 9.78. The maximum absolute atomic E-state index is 13.9. The third-order valence-corrected chi connectivity index (χ3v) is 8.45. The number of fused-ring (bicyclic) bond motifs is 1. The molecule has 3 aromatic rings. The van der Waals surface area contributed by atoms with Gasteiger partial charge in [-0.25, -0.2) is 4.68 Å². The van der Waals surface area contributed by atoms with Crippen LogP contribution in [-0.4, -0.2) is 19.9 Å². The van der Waals surface area contributed by atoms with Gasteiger partial charge in [0, 0.05) is 21.4 Å². The van der Waals surface area contributed by atoms with Crippen molar-refractivity contribution in [2.45, 2.75) is 56.5 Å². The summed E-state index contributed by atoms with van der Waals surface area (Å²) >= 11 is 6.11. The molecule has 2 aliphatic rings. The quantitative estimate of drug-likeness (QED) is 0.562. The molecule has 1 aromatic heterocycles. The van der Waals surface area contributed by atoms with E-state index in [1.807, 2.05) is 41.1 Å². The largest absolute Gasteiger partial charge is 0.310 e. The van der Waals surface area contributed by atoms with Gasteiger partial charge in [-0.3, -0.25) is 9.00 Å². The number of rotatable bonds is 4.